The molecule has 0 saturated carbocycles. The van der Waals surface area contributed by atoms with Gasteiger partial charge in [0, 0.05) is 11.4 Å². The van der Waals surface area contributed by atoms with E-state index in [-0.39, 0.29) is 12.3 Å². The first-order valence-corrected chi connectivity index (χ1v) is 8.20. The lowest BCUT2D eigenvalue weighted by molar-refractivity contribution is 0.234. The maximum Gasteiger partial charge on any atom is 0.315 e. The summed E-state index contributed by atoms with van der Waals surface area (Å²) in [5.74, 6) is 0. The number of para-hydroxylation sites is 2. The third kappa shape index (κ3) is 2.65. The highest BCUT2D eigenvalue weighted by Gasteiger charge is 2.30. The number of aryl methyl sites for hydroxylation is 2. The Labute approximate surface area is 136 Å². The zero-order valence-corrected chi connectivity index (χ0v) is 13.0. The van der Waals surface area contributed by atoms with Crippen LogP contribution >= 0.6 is 0 Å². The molecule has 0 saturated heterocycles. The molecule has 4 rings (SSSR count). The minimum absolute atomic E-state index is 0.00911. The predicted octanol–water partition coefficient (Wildman–Crippen LogP) is 3.12. The van der Waals surface area contributed by atoms with Gasteiger partial charge < -0.3 is 10.6 Å². The highest BCUT2D eigenvalue weighted by Crippen LogP contribution is 2.30. The highest BCUT2D eigenvalue weighted by atomic mass is 16.1. The summed E-state index contributed by atoms with van der Waals surface area (Å²) in [5, 5.41) is 6.99. The van der Waals surface area contributed by atoms with Gasteiger partial charge in [-0.15, -0.1) is 0 Å². The van der Waals surface area contributed by atoms with Crippen LogP contribution in [0.25, 0.3) is 0 Å². The number of nitrogens with zero attached hydrogens (tertiary/aromatic N) is 1. The Balaban J connectivity index is 1.53. The molecule has 2 aromatic rings. The summed E-state index contributed by atoms with van der Waals surface area (Å²) in [4.78, 5) is 13.4. The predicted molar refractivity (Wildman–Crippen MR) is 91.9 cm³/mol. The molecular weight excluding hydrogens is 286 g/mol. The minimum Gasteiger partial charge on any atom is -0.365 e. The van der Waals surface area contributed by atoms with Crippen LogP contribution in [0.2, 0.25) is 0 Å². The normalized spacial score (nSPS) is 22.1. The number of carbonyl (C=O) groups excluding carboxylic acids is 1. The second kappa shape index (κ2) is 5.95. The molecular formula is C19H20N3O. The third-order valence-corrected chi connectivity index (χ3v) is 4.83. The van der Waals surface area contributed by atoms with Gasteiger partial charge >= 0.3 is 6.41 Å². The molecule has 0 spiro atoms. The fraction of sp³-hybridized carbons (Fsp3) is 0.316. The van der Waals surface area contributed by atoms with Gasteiger partial charge in [0.2, 0.25) is 0 Å². The van der Waals surface area contributed by atoms with Crippen molar-refractivity contribution in [1.29, 1.82) is 0 Å². The van der Waals surface area contributed by atoms with Crippen molar-refractivity contribution in [2.24, 2.45) is 0 Å². The van der Waals surface area contributed by atoms with Gasteiger partial charge in [-0.2, -0.15) is 0 Å². The lowest BCUT2D eigenvalue weighted by Gasteiger charge is -2.40. The van der Waals surface area contributed by atoms with E-state index in [0.717, 1.165) is 37.1 Å². The van der Waals surface area contributed by atoms with Gasteiger partial charge in [0.15, 0.2) is 0 Å². The fourth-order valence-electron chi connectivity index (χ4n) is 3.61. The van der Waals surface area contributed by atoms with Gasteiger partial charge in [-0.1, -0.05) is 36.4 Å². The monoisotopic (exact) mass is 306 g/mol. The Hall–Kier alpha value is -2.49. The number of rotatable bonds is 3. The summed E-state index contributed by atoms with van der Waals surface area (Å²) in [5.41, 5.74) is 4.88. The van der Waals surface area contributed by atoms with Crippen LogP contribution in [0, 0.1) is 0 Å². The fourth-order valence-corrected chi connectivity index (χ4v) is 3.61. The van der Waals surface area contributed by atoms with Crippen molar-refractivity contribution in [3.05, 3.63) is 59.7 Å². The summed E-state index contributed by atoms with van der Waals surface area (Å²) in [6.45, 7) is 0. The van der Waals surface area contributed by atoms with Gasteiger partial charge in [0.25, 0.3) is 0 Å². The van der Waals surface area contributed by atoms with Crippen LogP contribution in [0.4, 0.5) is 11.4 Å². The SMILES string of the molecule is O=[C]N(C1CCc2ccccc2N1)C1CCc2ccccc2N1. The molecule has 23 heavy (non-hydrogen) atoms. The standard InChI is InChI=1S/C19H20N3O/c23-13-22(18-11-9-14-5-1-3-7-16(14)20-18)19-12-10-15-6-2-4-8-17(15)21-19/h1-8,18-21H,9-12H2. The van der Waals surface area contributed by atoms with Crippen molar-refractivity contribution < 1.29 is 4.79 Å². The van der Waals surface area contributed by atoms with Crippen molar-refractivity contribution in [2.45, 2.75) is 38.0 Å². The largest absolute Gasteiger partial charge is 0.365 e. The summed E-state index contributed by atoms with van der Waals surface area (Å²) in [7, 11) is 0. The molecule has 2 aromatic carbocycles. The quantitative estimate of drug-likeness (QED) is 0.856. The number of benzene rings is 2. The molecule has 0 aromatic heterocycles. The minimum atomic E-state index is -0.00911. The van der Waals surface area contributed by atoms with E-state index >= 15 is 0 Å². The summed E-state index contributed by atoms with van der Waals surface area (Å²) >= 11 is 0. The zero-order chi connectivity index (χ0) is 15.6. The van der Waals surface area contributed by atoms with E-state index in [1.54, 1.807) is 4.90 Å². The molecule has 117 valence electrons. The first kappa shape index (κ1) is 14.1. The Morgan fingerprint density at radius 3 is 1.78 bits per heavy atom. The molecule has 0 bridgehead atoms. The van der Waals surface area contributed by atoms with Crippen molar-refractivity contribution in [2.75, 3.05) is 10.6 Å². The van der Waals surface area contributed by atoms with E-state index in [9.17, 15) is 4.79 Å². The molecule has 4 heteroatoms. The van der Waals surface area contributed by atoms with E-state index in [4.69, 9.17) is 0 Å². The number of nitrogens with one attached hydrogen (secondary N) is 2. The molecule has 1 amide bonds. The smallest absolute Gasteiger partial charge is 0.315 e. The van der Waals surface area contributed by atoms with Crippen LogP contribution in [-0.4, -0.2) is 23.6 Å². The van der Waals surface area contributed by atoms with E-state index in [1.807, 2.05) is 12.1 Å². The number of fused-ring (bicyclic) bond motifs is 2. The third-order valence-electron chi connectivity index (χ3n) is 4.83. The molecule has 2 aliphatic rings. The van der Waals surface area contributed by atoms with E-state index in [0.29, 0.717) is 0 Å². The van der Waals surface area contributed by atoms with Gasteiger partial charge in [-0.3, -0.25) is 9.69 Å². The second-order valence-corrected chi connectivity index (χ2v) is 6.21. The van der Waals surface area contributed by atoms with Gasteiger partial charge in [0.1, 0.15) is 12.3 Å². The molecule has 2 N–H and O–H groups in total. The van der Waals surface area contributed by atoms with Crippen molar-refractivity contribution in [3.63, 3.8) is 0 Å². The van der Waals surface area contributed by atoms with Crippen LogP contribution < -0.4 is 10.6 Å². The molecule has 0 fully saturated rings. The Kier molecular flexibility index (Phi) is 3.66. The molecule has 2 unspecified atom stereocenters. The van der Waals surface area contributed by atoms with Crippen LogP contribution in [0.15, 0.2) is 48.5 Å². The van der Waals surface area contributed by atoms with Gasteiger partial charge in [-0.05, 0) is 48.9 Å². The first-order valence-electron chi connectivity index (χ1n) is 8.20. The van der Waals surface area contributed by atoms with E-state index < -0.39 is 0 Å². The lowest BCUT2D eigenvalue weighted by Crippen LogP contribution is -2.52. The van der Waals surface area contributed by atoms with E-state index in [2.05, 4.69) is 53.4 Å². The van der Waals surface area contributed by atoms with Crippen LogP contribution in [0.1, 0.15) is 24.0 Å². The maximum absolute atomic E-state index is 11.6. The van der Waals surface area contributed by atoms with Gasteiger partial charge in [-0.25, -0.2) is 0 Å². The first-order chi connectivity index (χ1) is 11.3. The van der Waals surface area contributed by atoms with Crippen molar-refractivity contribution in [3.8, 4) is 0 Å². The number of hydrogen-bond acceptors (Lipinski definition) is 3. The highest BCUT2D eigenvalue weighted by molar-refractivity contribution is 5.59. The summed E-state index contributed by atoms with van der Waals surface area (Å²) in [6, 6.07) is 16.6. The zero-order valence-electron chi connectivity index (χ0n) is 13.0. The summed E-state index contributed by atoms with van der Waals surface area (Å²) < 4.78 is 0. The lowest BCUT2D eigenvalue weighted by atomic mass is 9.98. The number of anilines is 2. The van der Waals surface area contributed by atoms with E-state index in [1.165, 1.54) is 11.1 Å². The number of amides is 1. The topological polar surface area (TPSA) is 44.4 Å². The van der Waals surface area contributed by atoms with Crippen LogP contribution in [0.5, 0.6) is 0 Å². The van der Waals surface area contributed by atoms with Crippen LogP contribution in [-0.2, 0) is 17.6 Å². The molecule has 0 aliphatic carbocycles. The second-order valence-electron chi connectivity index (χ2n) is 6.21. The number of hydrogen-bond donors (Lipinski definition) is 2. The maximum atomic E-state index is 11.6. The Morgan fingerprint density at radius 2 is 1.30 bits per heavy atom. The Morgan fingerprint density at radius 1 is 0.826 bits per heavy atom. The average molecular weight is 306 g/mol. The molecule has 2 aliphatic heterocycles. The van der Waals surface area contributed by atoms with Crippen molar-refractivity contribution >= 4 is 17.8 Å². The van der Waals surface area contributed by atoms with Crippen LogP contribution in [0.3, 0.4) is 0 Å². The molecule has 4 nitrogen and oxygen atoms in total. The molecule has 2 atom stereocenters. The Bertz CT molecular complexity index is 658. The molecule has 2 heterocycles. The average Bonchev–Trinajstić information content (AvgIpc) is 2.62. The van der Waals surface area contributed by atoms with Gasteiger partial charge in [0.05, 0.1) is 0 Å². The van der Waals surface area contributed by atoms with Crippen molar-refractivity contribution in [1.82, 2.24) is 4.90 Å². The summed E-state index contributed by atoms with van der Waals surface area (Å²) in [6.07, 6.45) is 5.92. The molecule has 1 radical (unpaired) electrons.